The van der Waals surface area contributed by atoms with E-state index in [2.05, 4.69) is 19.2 Å². The number of hydrogen-bond acceptors (Lipinski definition) is 1. The van der Waals surface area contributed by atoms with Crippen LogP contribution in [0.1, 0.15) is 49.5 Å². The van der Waals surface area contributed by atoms with Crippen molar-refractivity contribution in [2.75, 3.05) is 19.6 Å². The molecule has 0 aliphatic heterocycles. The minimum atomic E-state index is -4.38. The van der Waals surface area contributed by atoms with Gasteiger partial charge in [0, 0.05) is 11.6 Å². The Morgan fingerprint density at radius 3 is 2.22 bits per heavy atom. The standard InChI is InChI=1S/C17H25F3N2O/c1-4-22(5-2)12-6-7-13(3)21-16(23)14-8-10-15(11-9-14)17(18,19)20/h8-11,13H,4-7,12H2,1-3H3,(H,21,23)/p+1/t13-/m0/s1. The minimum Gasteiger partial charge on any atom is -0.350 e. The minimum absolute atomic E-state index is 0.000227. The molecule has 1 aromatic carbocycles. The Hall–Kier alpha value is -1.56. The summed E-state index contributed by atoms with van der Waals surface area (Å²) >= 11 is 0. The van der Waals surface area contributed by atoms with Crippen molar-refractivity contribution < 1.29 is 22.9 Å². The molecule has 0 saturated heterocycles. The quantitative estimate of drug-likeness (QED) is 0.754. The molecule has 2 N–H and O–H groups in total. The highest BCUT2D eigenvalue weighted by Gasteiger charge is 2.30. The average Bonchev–Trinajstić information content (AvgIpc) is 2.51. The maximum atomic E-state index is 12.5. The van der Waals surface area contributed by atoms with Crippen molar-refractivity contribution in [3.63, 3.8) is 0 Å². The number of rotatable bonds is 8. The monoisotopic (exact) mass is 331 g/mol. The third-order valence-electron chi connectivity index (χ3n) is 4.02. The number of hydrogen-bond donors (Lipinski definition) is 2. The molecule has 1 rings (SSSR count). The predicted octanol–water partition coefficient (Wildman–Crippen LogP) is 2.53. The van der Waals surface area contributed by atoms with E-state index < -0.39 is 11.7 Å². The Labute approximate surface area is 135 Å². The van der Waals surface area contributed by atoms with Crippen LogP contribution in [-0.4, -0.2) is 31.6 Å². The molecule has 6 heteroatoms. The van der Waals surface area contributed by atoms with Crippen LogP contribution in [0.3, 0.4) is 0 Å². The molecule has 0 aromatic heterocycles. The Bertz CT molecular complexity index is 482. The summed E-state index contributed by atoms with van der Waals surface area (Å²) < 4.78 is 37.5. The highest BCUT2D eigenvalue weighted by atomic mass is 19.4. The van der Waals surface area contributed by atoms with Gasteiger partial charge in [-0.1, -0.05) is 0 Å². The SMILES string of the molecule is CC[NH+](CC)CCC[C@H](C)NC(=O)c1ccc(C(F)(F)F)cc1. The van der Waals surface area contributed by atoms with Crippen molar-refractivity contribution in [3.8, 4) is 0 Å². The van der Waals surface area contributed by atoms with Crippen LogP contribution in [0.25, 0.3) is 0 Å². The van der Waals surface area contributed by atoms with Gasteiger partial charge in [0.25, 0.3) is 5.91 Å². The van der Waals surface area contributed by atoms with Gasteiger partial charge in [-0.3, -0.25) is 4.79 Å². The zero-order chi connectivity index (χ0) is 17.5. The second kappa shape index (κ2) is 8.91. The van der Waals surface area contributed by atoms with Gasteiger partial charge in [0.15, 0.2) is 0 Å². The van der Waals surface area contributed by atoms with Crippen LogP contribution < -0.4 is 10.2 Å². The normalized spacial score (nSPS) is 13.2. The zero-order valence-electron chi connectivity index (χ0n) is 14.0. The van der Waals surface area contributed by atoms with Crippen LogP contribution in [0.15, 0.2) is 24.3 Å². The van der Waals surface area contributed by atoms with Crippen LogP contribution in [0, 0.1) is 0 Å². The molecule has 0 unspecified atom stereocenters. The van der Waals surface area contributed by atoms with E-state index in [9.17, 15) is 18.0 Å². The first-order valence-corrected chi connectivity index (χ1v) is 8.09. The third kappa shape index (κ3) is 6.60. The number of nitrogens with one attached hydrogen (secondary N) is 2. The van der Waals surface area contributed by atoms with Crippen molar-refractivity contribution >= 4 is 5.91 Å². The highest BCUT2D eigenvalue weighted by molar-refractivity contribution is 5.94. The summed E-state index contributed by atoms with van der Waals surface area (Å²) in [7, 11) is 0. The van der Waals surface area contributed by atoms with E-state index in [1.807, 2.05) is 6.92 Å². The molecule has 0 saturated carbocycles. The summed E-state index contributed by atoms with van der Waals surface area (Å²) in [5.41, 5.74) is -0.497. The lowest BCUT2D eigenvalue weighted by Gasteiger charge is -2.18. The van der Waals surface area contributed by atoms with Gasteiger partial charge in [0.05, 0.1) is 25.2 Å². The maximum absolute atomic E-state index is 12.5. The molecule has 0 radical (unpaired) electrons. The number of benzene rings is 1. The molecule has 1 amide bonds. The lowest BCUT2D eigenvalue weighted by molar-refractivity contribution is -0.896. The zero-order valence-corrected chi connectivity index (χ0v) is 14.0. The lowest BCUT2D eigenvalue weighted by Crippen LogP contribution is -3.11. The summed E-state index contributed by atoms with van der Waals surface area (Å²) in [6.45, 7) is 9.45. The van der Waals surface area contributed by atoms with Crippen LogP contribution in [-0.2, 0) is 6.18 Å². The molecular formula is C17H26F3N2O+. The second-order valence-corrected chi connectivity index (χ2v) is 5.80. The second-order valence-electron chi connectivity index (χ2n) is 5.80. The van der Waals surface area contributed by atoms with Crippen LogP contribution in [0.5, 0.6) is 0 Å². The molecule has 1 aromatic rings. The summed E-state index contributed by atoms with van der Waals surface area (Å²) in [6.07, 6.45) is -2.52. The third-order valence-corrected chi connectivity index (χ3v) is 4.02. The first kappa shape index (κ1) is 19.5. The fraction of sp³-hybridized carbons (Fsp3) is 0.588. The number of amides is 1. The number of halogens is 3. The van der Waals surface area contributed by atoms with E-state index >= 15 is 0 Å². The van der Waals surface area contributed by atoms with Crippen LogP contribution in [0.4, 0.5) is 13.2 Å². The van der Waals surface area contributed by atoms with Crippen LogP contribution in [0.2, 0.25) is 0 Å². The fourth-order valence-electron chi connectivity index (χ4n) is 2.45. The predicted molar refractivity (Wildman–Crippen MR) is 84.5 cm³/mol. The summed E-state index contributed by atoms with van der Waals surface area (Å²) in [5.74, 6) is -0.332. The molecule has 0 aliphatic carbocycles. The molecule has 1 atom stereocenters. The van der Waals surface area contributed by atoms with Gasteiger partial charge in [-0.25, -0.2) is 0 Å². The topological polar surface area (TPSA) is 33.5 Å². The van der Waals surface area contributed by atoms with Gasteiger partial charge in [-0.05, 0) is 57.9 Å². The van der Waals surface area contributed by atoms with Gasteiger partial charge >= 0.3 is 6.18 Å². The van der Waals surface area contributed by atoms with Gasteiger partial charge < -0.3 is 10.2 Å². The van der Waals surface area contributed by atoms with Gasteiger partial charge in [-0.2, -0.15) is 13.2 Å². The van der Waals surface area contributed by atoms with Crippen molar-refractivity contribution in [1.29, 1.82) is 0 Å². The van der Waals surface area contributed by atoms with E-state index in [1.165, 1.54) is 17.0 Å². The van der Waals surface area contributed by atoms with E-state index in [-0.39, 0.29) is 17.5 Å². The van der Waals surface area contributed by atoms with E-state index in [0.717, 1.165) is 44.6 Å². The molecule has 0 fully saturated rings. The largest absolute Gasteiger partial charge is 0.416 e. The van der Waals surface area contributed by atoms with Crippen molar-refractivity contribution in [2.45, 2.75) is 45.8 Å². The van der Waals surface area contributed by atoms with E-state index in [4.69, 9.17) is 0 Å². The van der Waals surface area contributed by atoms with Crippen molar-refractivity contribution in [3.05, 3.63) is 35.4 Å². The molecule has 3 nitrogen and oxygen atoms in total. The summed E-state index contributed by atoms with van der Waals surface area (Å²) in [6, 6.07) is 4.29. The summed E-state index contributed by atoms with van der Waals surface area (Å²) in [5, 5.41) is 2.83. The average molecular weight is 331 g/mol. The van der Waals surface area contributed by atoms with Crippen molar-refractivity contribution in [2.24, 2.45) is 0 Å². The Kier molecular flexibility index (Phi) is 7.55. The first-order chi connectivity index (χ1) is 10.8. The Morgan fingerprint density at radius 1 is 1.17 bits per heavy atom. The molecule has 0 aliphatic rings. The Balaban J connectivity index is 2.46. The van der Waals surface area contributed by atoms with Gasteiger partial charge in [0.2, 0.25) is 0 Å². The first-order valence-electron chi connectivity index (χ1n) is 8.09. The maximum Gasteiger partial charge on any atom is 0.416 e. The van der Waals surface area contributed by atoms with Gasteiger partial charge in [0.1, 0.15) is 0 Å². The van der Waals surface area contributed by atoms with E-state index in [1.54, 1.807) is 0 Å². The fourth-order valence-corrected chi connectivity index (χ4v) is 2.45. The molecular weight excluding hydrogens is 305 g/mol. The highest BCUT2D eigenvalue weighted by Crippen LogP contribution is 2.29. The number of carbonyl (C=O) groups is 1. The molecule has 0 spiro atoms. The van der Waals surface area contributed by atoms with Crippen LogP contribution >= 0.6 is 0 Å². The molecule has 130 valence electrons. The van der Waals surface area contributed by atoms with Crippen molar-refractivity contribution in [1.82, 2.24) is 5.32 Å². The number of carbonyl (C=O) groups excluding carboxylic acids is 1. The number of alkyl halides is 3. The van der Waals surface area contributed by atoms with Gasteiger partial charge in [-0.15, -0.1) is 0 Å². The molecule has 23 heavy (non-hydrogen) atoms. The number of quaternary nitrogens is 1. The van der Waals surface area contributed by atoms with E-state index in [0.29, 0.717) is 0 Å². The Morgan fingerprint density at radius 2 is 1.74 bits per heavy atom. The lowest BCUT2D eigenvalue weighted by atomic mass is 10.1. The smallest absolute Gasteiger partial charge is 0.350 e. The molecule has 0 bridgehead atoms. The molecule has 0 heterocycles. The summed E-state index contributed by atoms with van der Waals surface area (Å²) in [4.78, 5) is 13.5.